The number of carbonyl (C=O) groups excluding carboxylic acids is 2. The first-order chi connectivity index (χ1) is 19.1. The lowest BCUT2D eigenvalue weighted by Crippen LogP contribution is -2.15. The first-order valence-electron chi connectivity index (χ1n) is 12.2. The molecule has 0 unspecified atom stereocenters. The second-order valence-electron chi connectivity index (χ2n) is 8.71. The maximum absolute atomic E-state index is 13.2. The Balaban J connectivity index is 1.27. The summed E-state index contributed by atoms with van der Waals surface area (Å²) in [5.41, 5.74) is 3.89. The van der Waals surface area contributed by atoms with Crippen LogP contribution < -0.4 is 10.6 Å². The lowest BCUT2D eigenvalue weighted by Gasteiger charge is -2.10. The highest BCUT2D eigenvalue weighted by molar-refractivity contribution is 7.17. The molecule has 39 heavy (non-hydrogen) atoms. The SMILES string of the molecule is O=C(CNc1ccc2c(c1)nc(NC(=O)c1ccc(-c3cnco3)s1)n2Cc1cccnc1)c1ccccc1. The van der Waals surface area contributed by atoms with E-state index in [0.29, 0.717) is 34.2 Å². The number of nitrogens with one attached hydrogen (secondary N) is 2. The van der Waals surface area contributed by atoms with Crippen LogP contribution in [0.25, 0.3) is 21.7 Å². The van der Waals surface area contributed by atoms with Gasteiger partial charge in [-0.15, -0.1) is 11.3 Å². The third-order valence-electron chi connectivity index (χ3n) is 6.09. The van der Waals surface area contributed by atoms with E-state index in [4.69, 9.17) is 9.40 Å². The smallest absolute Gasteiger partial charge is 0.268 e. The summed E-state index contributed by atoms with van der Waals surface area (Å²) in [6.07, 6.45) is 6.47. The number of benzene rings is 2. The van der Waals surface area contributed by atoms with E-state index in [1.165, 1.54) is 17.7 Å². The number of imidazole rings is 1. The molecule has 6 aromatic rings. The van der Waals surface area contributed by atoms with Crippen molar-refractivity contribution in [2.75, 3.05) is 17.2 Å². The largest absolute Gasteiger partial charge is 0.443 e. The van der Waals surface area contributed by atoms with Crippen molar-refractivity contribution in [3.63, 3.8) is 0 Å². The fourth-order valence-electron chi connectivity index (χ4n) is 4.17. The highest BCUT2D eigenvalue weighted by Crippen LogP contribution is 2.29. The van der Waals surface area contributed by atoms with Crippen molar-refractivity contribution >= 4 is 45.7 Å². The third kappa shape index (κ3) is 5.32. The Bertz CT molecular complexity index is 1740. The minimum Gasteiger partial charge on any atom is -0.443 e. The van der Waals surface area contributed by atoms with E-state index >= 15 is 0 Å². The zero-order chi connectivity index (χ0) is 26.6. The van der Waals surface area contributed by atoms with Gasteiger partial charge in [-0.3, -0.25) is 19.9 Å². The van der Waals surface area contributed by atoms with E-state index < -0.39 is 0 Å². The number of hydrogen-bond acceptors (Lipinski definition) is 8. The van der Waals surface area contributed by atoms with Gasteiger partial charge in [-0.25, -0.2) is 9.97 Å². The fraction of sp³-hybridized carbons (Fsp3) is 0.0690. The number of amides is 1. The normalized spacial score (nSPS) is 11.0. The fourth-order valence-corrected chi connectivity index (χ4v) is 5.03. The molecule has 0 bridgehead atoms. The van der Waals surface area contributed by atoms with Crippen LogP contribution in [-0.2, 0) is 6.54 Å². The second-order valence-corrected chi connectivity index (χ2v) is 9.80. The first-order valence-corrected chi connectivity index (χ1v) is 13.0. The predicted octanol–water partition coefficient (Wildman–Crippen LogP) is 5.74. The molecule has 0 spiro atoms. The van der Waals surface area contributed by atoms with Crippen LogP contribution in [0.1, 0.15) is 25.6 Å². The molecular formula is C29H22N6O3S. The van der Waals surface area contributed by atoms with Gasteiger partial charge in [0.1, 0.15) is 0 Å². The molecule has 0 saturated carbocycles. The van der Waals surface area contributed by atoms with Gasteiger partial charge in [0.25, 0.3) is 5.91 Å². The van der Waals surface area contributed by atoms with Gasteiger partial charge in [-0.2, -0.15) is 0 Å². The zero-order valence-electron chi connectivity index (χ0n) is 20.6. The number of carbonyl (C=O) groups is 2. The summed E-state index contributed by atoms with van der Waals surface area (Å²) < 4.78 is 7.28. The molecule has 0 saturated heterocycles. The number of nitrogens with zero attached hydrogens (tertiary/aromatic N) is 4. The molecule has 0 radical (unpaired) electrons. The molecule has 9 nitrogen and oxygen atoms in total. The molecule has 2 N–H and O–H groups in total. The van der Waals surface area contributed by atoms with Crippen LogP contribution in [0.4, 0.5) is 11.6 Å². The molecule has 0 fully saturated rings. The number of hydrogen-bond donors (Lipinski definition) is 2. The summed E-state index contributed by atoms with van der Waals surface area (Å²) in [7, 11) is 0. The molecule has 4 aromatic heterocycles. The van der Waals surface area contributed by atoms with Gasteiger partial charge in [-0.05, 0) is 42.0 Å². The Morgan fingerprint density at radius 2 is 1.85 bits per heavy atom. The zero-order valence-corrected chi connectivity index (χ0v) is 21.4. The van der Waals surface area contributed by atoms with Crippen molar-refractivity contribution in [1.29, 1.82) is 0 Å². The summed E-state index contributed by atoms with van der Waals surface area (Å²) in [5.74, 6) is 0.728. The Hall–Kier alpha value is -5.09. The van der Waals surface area contributed by atoms with Crippen LogP contribution in [0.5, 0.6) is 0 Å². The molecule has 0 atom stereocenters. The lowest BCUT2D eigenvalue weighted by atomic mass is 10.1. The molecule has 6 rings (SSSR count). The second kappa shape index (κ2) is 10.7. The van der Waals surface area contributed by atoms with Gasteiger partial charge < -0.3 is 14.3 Å². The van der Waals surface area contributed by atoms with Crippen molar-refractivity contribution < 1.29 is 14.0 Å². The minimum absolute atomic E-state index is 0.00796. The molecule has 0 aliphatic rings. The number of anilines is 2. The van der Waals surface area contributed by atoms with Gasteiger partial charge >= 0.3 is 0 Å². The lowest BCUT2D eigenvalue weighted by molar-refractivity contribution is 0.100. The number of Topliss-reactive ketones (excluding diaryl/α,β-unsaturated/α-hetero) is 1. The van der Waals surface area contributed by atoms with Gasteiger partial charge in [0, 0.05) is 23.6 Å². The Morgan fingerprint density at radius 1 is 0.949 bits per heavy atom. The maximum Gasteiger partial charge on any atom is 0.268 e. The number of rotatable bonds is 9. The van der Waals surface area contributed by atoms with Crippen LogP contribution >= 0.6 is 11.3 Å². The van der Waals surface area contributed by atoms with Crippen molar-refractivity contribution in [3.8, 4) is 10.6 Å². The molecule has 4 heterocycles. The van der Waals surface area contributed by atoms with E-state index in [1.54, 1.807) is 36.8 Å². The van der Waals surface area contributed by atoms with E-state index in [-0.39, 0.29) is 18.2 Å². The first kappa shape index (κ1) is 24.3. The predicted molar refractivity (Wildman–Crippen MR) is 150 cm³/mol. The summed E-state index contributed by atoms with van der Waals surface area (Å²) in [6.45, 7) is 0.619. The molecule has 1 amide bonds. The molecule has 2 aromatic carbocycles. The van der Waals surface area contributed by atoms with Crippen molar-refractivity contribution in [2.45, 2.75) is 6.54 Å². The molecule has 0 aliphatic carbocycles. The molecular weight excluding hydrogens is 512 g/mol. The van der Waals surface area contributed by atoms with E-state index in [9.17, 15) is 9.59 Å². The average Bonchev–Trinajstić information content (AvgIpc) is 3.74. The third-order valence-corrected chi connectivity index (χ3v) is 7.19. The monoisotopic (exact) mass is 534 g/mol. The standard InChI is InChI=1S/C29H22N6O3S/c36-24(20-6-2-1-3-7-20)15-32-21-8-9-23-22(13-21)33-29(35(23)17-19-5-4-12-30-14-19)34-28(37)27-11-10-26(39-27)25-16-31-18-38-25/h1-14,16,18,32H,15,17H2,(H,33,34,37). The number of thiophene rings is 1. The molecule has 192 valence electrons. The van der Waals surface area contributed by atoms with E-state index in [1.807, 2.05) is 59.2 Å². The summed E-state index contributed by atoms with van der Waals surface area (Å²) in [6, 6.07) is 22.3. The van der Waals surface area contributed by atoms with Gasteiger partial charge in [-0.1, -0.05) is 36.4 Å². The summed E-state index contributed by atoms with van der Waals surface area (Å²) >= 11 is 1.31. The Kier molecular flexibility index (Phi) is 6.67. The van der Waals surface area contributed by atoms with E-state index in [2.05, 4.69) is 20.6 Å². The molecule has 10 heteroatoms. The number of fused-ring (bicyclic) bond motifs is 1. The van der Waals surface area contributed by atoms with Crippen LogP contribution in [-0.4, -0.2) is 37.8 Å². The Labute approximate surface area is 227 Å². The Morgan fingerprint density at radius 3 is 2.64 bits per heavy atom. The molecule has 0 aliphatic heterocycles. The van der Waals surface area contributed by atoms with Crippen LogP contribution in [0.3, 0.4) is 0 Å². The topological polar surface area (TPSA) is 115 Å². The number of oxazole rings is 1. The van der Waals surface area contributed by atoms with Crippen molar-refractivity contribution in [2.24, 2.45) is 0 Å². The summed E-state index contributed by atoms with van der Waals surface area (Å²) in [5, 5.41) is 6.16. The number of pyridine rings is 1. The van der Waals surface area contributed by atoms with Gasteiger partial charge in [0.2, 0.25) is 5.95 Å². The van der Waals surface area contributed by atoms with Crippen molar-refractivity contribution in [1.82, 2.24) is 19.5 Å². The highest BCUT2D eigenvalue weighted by atomic mass is 32.1. The summed E-state index contributed by atoms with van der Waals surface area (Å²) in [4.78, 5) is 39.9. The van der Waals surface area contributed by atoms with Gasteiger partial charge in [0.05, 0.1) is 40.1 Å². The number of ketones is 1. The highest BCUT2D eigenvalue weighted by Gasteiger charge is 2.18. The van der Waals surface area contributed by atoms with Crippen LogP contribution in [0.2, 0.25) is 0 Å². The minimum atomic E-state index is -0.277. The van der Waals surface area contributed by atoms with Gasteiger partial charge in [0.15, 0.2) is 17.9 Å². The van der Waals surface area contributed by atoms with Crippen LogP contribution in [0, 0.1) is 0 Å². The average molecular weight is 535 g/mol. The quantitative estimate of drug-likeness (QED) is 0.227. The number of aromatic nitrogens is 4. The van der Waals surface area contributed by atoms with Crippen LogP contribution in [0.15, 0.2) is 102 Å². The van der Waals surface area contributed by atoms with Crippen molar-refractivity contribution in [3.05, 3.63) is 114 Å². The maximum atomic E-state index is 13.2. The van der Waals surface area contributed by atoms with E-state index in [0.717, 1.165) is 21.6 Å².